The second kappa shape index (κ2) is 18.4. The Balaban J connectivity index is 0.00000227. The van der Waals surface area contributed by atoms with Crippen molar-refractivity contribution < 1.29 is 9.47 Å². The summed E-state index contributed by atoms with van der Waals surface area (Å²) in [6.07, 6.45) is 17.6. The molecule has 1 unspecified atom stereocenters. The zero-order valence-electron chi connectivity index (χ0n) is 20.4. The number of aliphatic imine (C=N–C) groups is 2. The lowest BCUT2D eigenvalue weighted by Crippen LogP contribution is -2.15. The number of methoxy groups -OCH3 is 1. The van der Waals surface area contributed by atoms with E-state index in [0.717, 1.165) is 23.3 Å². The average Bonchev–Trinajstić information content (AvgIpc) is 3.05. The average molecular weight is 435 g/mol. The van der Waals surface area contributed by atoms with Crippen LogP contribution >= 0.6 is 0 Å². The molecule has 1 heterocycles. The van der Waals surface area contributed by atoms with Crippen LogP contribution in [0.3, 0.4) is 0 Å². The van der Waals surface area contributed by atoms with E-state index in [1.54, 1.807) is 19.4 Å². The zero-order chi connectivity index (χ0) is 24.2. The van der Waals surface area contributed by atoms with E-state index in [0.29, 0.717) is 11.6 Å². The molecule has 0 fully saturated rings. The van der Waals surface area contributed by atoms with Gasteiger partial charge in [0.25, 0.3) is 0 Å². The van der Waals surface area contributed by atoms with E-state index in [4.69, 9.17) is 14.5 Å². The Morgan fingerprint density at radius 2 is 1.72 bits per heavy atom. The van der Waals surface area contributed by atoms with Crippen LogP contribution in [0.25, 0.3) is 0 Å². The molecule has 0 amide bonds. The van der Waals surface area contributed by atoms with Gasteiger partial charge in [-0.2, -0.15) is 0 Å². The molecule has 32 heavy (non-hydrogen) atoms. The fourth-order valence-electron chi connectivity index (χ4n) is 2.47. The third-order valence-corrected chi connectivity index (χ3v) is 4.00. The first kappa shape index (κ1) is 28.6. The molecule has 0 radical (unpaired) electrons. The summed E-state index contributed by atoms with van der Waals surface area (Å²) in [7, 11) is 1.64. The van der Waals surface area contributed by atoms with Gasteiger partial charge >= 0.3 is 0 Å². The van der Waals surface area contributed by atoms with Crippen LogP contribution in [0.5, 0.6) is 11.5 Å². The van der Waals surface area contributed by atoms with Crippen LogP contribution in [-0.2, 0) is 0 Å². The van der Waals surface area contributed by atoms with Gasteiger partial charge in [0.1, 0.15) is 11.5 Å². The molecular formula is C28H38N2O2. The molecule has 2 rings (SSSR count). The SMILES string of the molecule is C=C/C=C\C=C1/CC=CC(/C(C)=C/C=NC=C)N=C1Oc1ccc(OC)cc1.CC.CC. The Morgan fingerprint density at radius 3 is 2.31 bits per heavy atom. The van der Waals surface area contributed by atoms with E-state index < -0.39 is 0 Å². The molecule has 0 aliphatic carbocycles. The maximum Gasteiger partial charge on any atom is 0.219 e. The quantitative estimate of drug-likeness (QED) is 0.251. The highest BCUT2D eigenvalue weighted by molar-refractivity contribution is 5.96. The van der Waals surface area contributed by atoms with Crippen molar-refractivity contribution in [3.63, 3.8) is 0 Å². The van der Waals surface area contributed by atoms with Crippen LogP contribution in [0, 0.1) is 0 Å². The summed E-state index contributed by atoms with van der Waals surface area (Å²) >= 11 is 0. The Hall–Kier alpha value is -3.40. The highest BCUT2D eigenvalue weighted by atomic mass is 16.5. The minimum atomic E-state index is -0.126. The number of rotatable bonds is 7. The van der Waals surface area contributed by atoms with Crippen LogP contribution in [0.2, 0.25) is 0 Å². The van der Waals surface area contributed by atoms with E-state index >= 15 is 0 Å². The summed E-state index contributed by atoms with van der Waals surface area (Å²) in [4.78, 5) is 8.86. The molecular weight excluding hydrogens is 396 g/mol. The van der Waals surface area contributed by atoms with Crippen molar-refractivity contribution in [1.82, 2.24) is 0 Å². The van der Waals surface area contributed by atoms with E-state index in [-0.39, 0.29) is 6.04 Å². The second-order valence-electron chi connectivity index (χ2n) is 5.99. The number of nitrogens with zero attached hydrogens (tertiary/aromatic N) is 2. The summed E-state index contributed by atoms with van der Waals surface area (Å²) in [6.45, 7) is 17.3. The minimum Gasteiger partial charge on any atom is -0.497 e. The maximum atomic E-state index is 6.13. The largest absolute Gasteiger partial charge is 0.497 e. The van der Waals surface area contributed by atoms with Crippen molar-refractivity contribution in [2.45, 2.75) is 47.1 Å². The number of hydrogen-bond acceptors (Lipinski definition) is 4. The first-order valence-electron chi connectivity index (χ1n) is 11.0. The molecule has 1 aliphatic heterocycles. The molecule has 4 nitrogen and oxygen atoms in total. The Morgan fingerprint density at radius 1 is 1.06 bits per heavy atom. The summed E-state index contributed by atoms with van der Waals surface area (Å²) in [5.41, 5.74) is 2.04. The molecule has 0 spiro atoms. The smallest absolute Gasteiger partial charge is 0.219 e. The number of benzene rings is 1. The second-order valence-corrected chi connectivity index (χ2v) is 5.99. The van der Waals surface area contributed by atoms with Crippen molar-refractivity contribution in [2.24, 2.45) is 9.98 Å². The van der Waals surface area contributed by atoms with E-state index in [1.807, 2.05) is 83.2 Å². The lowest BCUT2D eigenvalue weighted by Gasteiger charge is -2.13. The van der Waals surface area contributed by atoms with Crippen LogP contribution in [0.4, 0.5) is 0 Å². The molecule has 0 aromatic heterocycles. The first-order chi connectivity index (χ1) is 15.7. The highest BCUT2D eigenvalue weighted by Crippen LogP contribution is 2.22. The molecule has 172 valence electrons. The van der Waals surface area contributed by atoms with Gasteiger partial charge < -0.3 is 9.47 Å². The van der Waals surface area contributed by atoms with E-state index in [1.165, 1.54) is 6.20 Å². The molecule has 4 heteroatoms. The predicted molar refractivity (Wildman–Crippen MR) is 141 cm³/mol. The van der Waals surface area contributed by atoms with Gasteiger partial charge in [0.15, 0.2) is 0 Å². The Bertz CT molecular complexity index is 854. The van der Waals surface area contributed by atoms with Crippen LogP contribution in [0.1, 0.15) is 41.0 Å². The van der Waals surface area contributed by atoms with Gasteiger partial charge in [0.05, 0.1) is 13.2 Å². The molecule has 0 saturated carbocycles. The number of allylic oxidation sites excluding steroid dienone is 6. The predicted octanol–water partition coefficient (Wildman–Crippen LogP) is 7.68. The summed E-state index contributed by atoms with van der Waals surface area (Å²) in [5.74, 6) is 2.07. The fraction of sp³-hybridized carbons (Fsp3) is 0.286. The third-order valence-electron chi connectivity index (χ3n) is 4.00. The topological polar surface area (TPSA) is 43.2 Å². The lowest BCUT2D eigenvalue weighted by molar-refractivity contribution is 0.414. The third kappa shape index (κ3) is 10.6. The Kier molecular flexibility index (Phi) is 16.4. The molecule has 1 aromatic carbocycles. The van der Waals surface area contributed by atoms with Gasteiger partial charge in [0.2, 0.25) is 5.90 Å². The lowest BCUT2D eigenvalue weighted by atomic mass is 10.1. The van der Waals surface area contributed by atoms with Crippen molar-refractivity contribution in [3.05, 3.63) is 97.3 Å². The Labute approximate surface area is 194 Å². The van der Waals surface area contributed by atoms with Crippen LogP contribution in [-0.4, -0.2) is 25.3 Å². The standard InChI is InChI=1S/C24H26N2O2.2C2H6/c1-5-7-8-10-20-11-9-12-23(19(3)17-18-25-6-2)26-24(20)28-22-15-13-21(27-4)14-16-22;2*1-2/h5-10,12-18,23H,1-2,11H2,3-4H3;2*1-2H3/b8-7-,19-17+,20-10+,25-18?;;. The van der Waals surface area contributed by atoms with Crippen LogP contribution in [0.15, 0.2) is 107 Å². The van der Waals surface area contributed by atoms with E-state index in [9.17, 15) is 0 Å². The zero-order valence-corrected chi connectivity index (χ0v) is 20.4. The van der Waals surface area contributed by atoms with Crippen molar-refractivity contribution in [2.75, 3.05) is 7.11 Å². The fourth-order valence-corrected chi connectivity index (χ4v) is 2.47. The summed E-state index contributed by atoms with van der Waals surface area (Å²) in [6, 6.07) is 7.33. The monoisotopic (exact) mass is 434 g/mol. The van der Waals surface area contributed by atoms with Gasteiger partial charge in [-0.25, -0.2) is 4.99 Å². The van der Waals surface area contributed by atoms with Crippen molar-refractivity contribution in [3.8, 4) is 11.5 Å². The van der Waals surface area contributed by atoms with Gasteiger partial charge in [-0.3, -0.25) is 4.99 Å². The van der Waals surface area contributed by atoms with Crippen molar-refractivity contribution in [1.29, 1.82) is 0 Å². The van der Waals surface area contributed by atoms with Crippen molar-refractivity contribution >= 4 is 12.1 Å². The van der Waals surface area contributed by atoms with E-state index in [2.05, 4.69) is 30.3 Å². The summed E-state index contributed by atoms with van der Waals surface area (Å²) in [5, 5.41) is 0. The van der Waals surface area contributed by atoms with Gasteiger partial charge in [-0.15, -0.1) is 0 Å². The molecule has 1 aromatic rings. The highest BCUT2D eigenvalue weighted by Gasteiger charge is 2.16. The number of ether oxygens (including phenoxy) is 2. The molecule has 0 bridgehead atoms. The van der Waals surface area contributed by atoms with Gasteiger partial charge in [-0.05, 0) is 49.3 Å². The van der Waals surface area contributed by atoms with Gasteiger partial charge in [-0.1, -0.05) is 77.3 Å². The normalized spacial score (nSPS) is 16.9. The molecule has 1 aliphatic rings. The first-order valence-corrected chi connectivity index (χ1v) is 11.0. The molecule has 1 atom stereocenters. The number of hydrogen-bond donors (Lipinski definition) is 0. The molecule has 0 saturated heterocycles. The van der Waals surface area contributed by atoms with Crippen LogP contribution < -0.4 is 9.47 Å². The van der Waals surface area contributed by atoms with Gasteiger partial charge in [0, 0.05) is 18.0 Å². The summed E-state index contributed by atoms with van der Waals surface area (Å²) < 4.78 is 11.3. The molecule has 0 N–H and O–H groups in total. The minimum absolute atomic E-state index is 0.126. The maximum absolute atomic E-state index is 6.13.